The molecule has 1 aliphatic rings. The number of carboxylic acid groups (broad SMARTS) is 1. The summed E-state index contributed by atoms with van der Waals surface area (Å²) in [6.07, 6.45) is 4.53. The highest BCUT2D eigenvalue weighted by Gasteiger charge is 2.30. The molecule has 23 heavy (non-hydrogen) atoms. The van der Waals surface area contributed by atoms with Crippen molar-refractivity contribution in [2.75, 3.05) is 13.1 Å². The van der Waals surface area contributed by atoms with E-state index in [1.54, 1.807) is 0 Å². The monoisotopic (exact) mass is 318 g/mol. The molecule has 1 unspecified atom stereocenters. The number of aliphatic carboxylic acids is 1. The van der Waals surface area contributed by atoms with Crippen molar-refractivity contribution in [1.82, 2.24) is 10.2 Å². The lowest BCUT2D eigenvalue weighted by Crippen LogP contribution is -2.43. The second-order valence-corrected chi connectivity index (χ2v) is 6.11. The Hall–Kier alpha value is -1.88. The summed E-state index contributed by atoms with van der Waals surface area (Å²) in [5.74, 6) is -0.645. The fraction of sp³-hybridized carbons (Fsp3) is 0.556. The molecule has 0 radical (unpaired) electrons. The van der Waals surface area contributed by atoms with Crippen molar-refractivity contribution in [3.63, 3.8) is 0 Å². The zero-order valence-electron chi connectivity index (χ0n) is 13.5. The highest BCUT2D eigenvalue weighted by atomic mass is 16.4. The lowest BCUT2D eigenvalue weighted by atomic mass is 10.1. The van der Waals surface area contributed by atoms with Crippen LogP contribution in [0.15, 0.2) is 30.3 Å². The maximum Gasteiger partial charge on any atom is 0.303 e. The molecule has 0 bridgehead atoms. The van der Waals surface area contributed by atoms with Gasteiger partial charge in [0.25, 0.3) is 0 Å². The molecule has 1 saturated heterocycles. The number of nitrogens with zero attached hydrogens (tertiary/aromatic N) is 1. The Labute approximate surface area is 137 Å². The molecule has 1 heterocycles. The smallest absolute Gasteiger partial charge is 0.303 e. The van der Waals surface area contributed by atoms with Crippen molar-refractivity contribution in [1.29, 1.82) is 0 Å². The van der Waals surface area contributed by atoms with Gasteiger partial charge in [-0.1, -0.05) is 36.8 Å². The number of carbonyl (C=O) groups excluding carboxylic acids is 1. The Kier molecular flexibility index (Phi) is 7.07. The molecule has 0 aliphatic carbocycles. The van der Waals surface area contributed by atoms with Crippen molar-refractivity contribution in [3.05, 3.63) is 35.9 Å². The molecule has 0 aromatic heterocycles. The summed E-state index contributed by atoms with van der Waals surface area (Å²) in [6.45, 7) is 2.41. The molecule has 1 amide bonds. The Bertz CT molecular complexity index is 504. The first kappa shape index (κ1) is 17.5. The summed E-state index contributed by atoms with van der Waals surface area (Å²) in [4.78, 5) is 25.0. The van der Waals surface area contributed by atoms with Gasteiger partial charge in [0.15, 0.2) is 0 Å². The Morgan fingerprint density at radius 3 is 2.70 bits per heavy atom. The molecule has 1 aromatic carbocycles. The Balaban J connectivity index is 1.69. The lowest BCUT2D eigenvalue weighted by Gasteiger charge is -2.23. The van der Waals surface area contributed by atoms with Crippen LogP contribution >= 0.6 is 0 Å². The van der Waals surface area contributed by atoms with E-state index in [4.69, 9.17) is 5.11 Å². The topological polar surface area (TPSA) is 69.6 Å². The van der Waals surface area contributed by atoms with Crippen LogP contribution in [0.1, 0.15) is 44.1 Å². The van der Waals surface area contributed by atoms with Crippen LogP contribution in [0, 0.1) is 0 Å². The van der Waals surface area contributed by atoms with Gasteiger partial charge in [0, 0.05) is 19.5 Å². The van der Waals surface area contributed by atoms with Crippen LogP contribution in [-0.4, -0.2) is 41.0 Å². The molecule has 126 valence electrons. The van der Waals surface area contributed by atoms with Gasteiger partial charge in [-0.15, -0.1) is 0 Å². The van der Waals surface area contributed by atoms with Crippen LogP contribution in [0.2, 0.25) is 0 Å². The summed E-state index contributed by atoms with van der Waals surface area (Å²) < 4.78 is 0. The summed E-state index contributed by atoms with van der Waals surface area (Å²) in [6, 6.07) is 10.2. The second-order valence-electron chi connectivity index (χ2n) is 6.11. The van der Waals surface area contributed by atoms with Crippen LogP contribution in [-0.2, 0) is 16.1 Å². The van der Waals surface area contributed by atoms with Gasteiger partial charge in [0.2, 0.25) is 5.91 Å². The van der Waals surface area contributed by atoms with E-state index < -0.39 is 5.97 Å². The van der Waals surface area contributed by atoms with Gasteiger partial charge in [0.1, 0.15) is 0 Å². The average Bonchev–Trinajstić information content (AvgIpc) is 2.99. The largest absolute Gasteiger partial charge is 0.481 e. The average molecular weight is 318 g/mol. The van der Waals surface area contributed by atoms with E-state index in [0.717, 1.165) is 38.8 Å². The van der Waals surface area contributed by atoms with Crippen LogP contribution in [0.5, 0.6) is 0 Å². The molecular weight excluding hydrogens is 292 g/mol. The minimum absolute atomic E-state index is 0.0331. The standard InChI is InChI=1S/C18H26N2O3/c21-17(22)11-5-2-6-12-19-18(23)16-10-7-13-20(16)14-15-8-3-1-4-9-15/h1,3-4,8-9,16H,2,5-7,10-14H2,(H,19,23)(H,21,22). The summed E-state index contributed by atoms with van der Waals surface area (Å²) in [5, 5.41) is 11.6. The minimum Gasteiger partial charge on any atom is -0.481 e. The van der Waals surface area contributed by atoms with E-state index in [0.29, 0.717) is 13.0 Å². The number of nitrogens with one attached hydrogen (secondary N) is 1. The predicted octanol–water partition coefficient (Wildman–Crippen LogP) is 2.41. The SMILES string of the molecule is O=C(O)CCCCCNC(=O)C1CCCN1Cc1ccccc1. The quantitative estimate of drug-likeness (QED) is 0.686. The zero-order valence-corrected chi connectivity index (χ0v) is 13.5. The predicted molar refractivity (Wildman–Crippen MR) is 89.0 cm³/mol. The highest BCUT2D eigenvalue weighted by molar-refractivity contribution is 5.82. The number of carboxylic acids is 1. The number of hydrogen-bond acceptors (Lipinski definition) is 3. The van der Waals surface area contributed by atoms with E-state index in [9.17, 15) is 9.59 Å². The van der Waals surface area contributed by atoms with Gasteiger partial charge in [0.05, 0.1) is 6.04 Å². The number of benzene rings is 1. The van der Waals surface area contributed by atoms with E-state index in [1.807, 2.05) is 18.2 Å². The van der Waals surface area contributed by atoms with Gasteiger partial charge >= 0.3 is 5.97 Å². The van der Waals surface area contributed by atoms with E-state index >= 15 is 0 Å². The van der Waals surface area contributed by atoms with Crippen molar-refractivity contribution in [2.45, 2.75) is 51.1 Å². The molecule has 5 heteroatoms. The fourth-order valence-electron chi connectivity index (χ4n) is 3.04. The van der Waals surface area contributed by atoms with Gasteiger partial charge in [-0.05, 0) is 37.8 Å². The molecule has 1 atom stereocenters. The number of likely N-dealkylation sites (tertiary alicyclic amines) is 1. The van der Waals surface area contributed by atoms with Crippen molar-refractivity contribution < 1.29 is 14.7 Å². The molecule has 1 fully saturated rings. The molecule has 5 nitrogen and oxygen atoms in total. The van der Waals surface area contributed by atoms with Gasteiger partial charge in [-0.3, -0.25) is 14.5 Å². The van der Waals surface area contributed by atoms with Crippen LogP contribution in [0.4, 0.5) is 0 Å². The first-order valence-electron chi connectivity index (χ1n) is 8.44. The first-order valence-corrected chi connectivity index (χ1v) is 8.44. The molecule has 2 rings (SSSR count). The molecule has 1 aromatic rings. The summed E-state index contributed by atoms with van der Waals surface area (Å²) in [7, 11) is 0. The zero-order chi connectivity index (χ0) is 16.5. The Morgan fingerprint density at radius 2 is 1.96 bits per heavy atom. The number of unbranched alkanes of at least 4 members (excludes halogenated alkanes) is 2. The van der Waals surface area contributed by atoms with Crippen LogP contribution in [0.3, 0.4) is 0 Å². The van der Waals surface area contributed by atoms with Gasteiger partial charge in [-0.2, -0.15) is 0 Å². The van der Waals surface area contributed by atoms with Crippen LogP contribution < -0.4 is 5.32 Å². The number of hydrogen-bond donors (Lipinski definition) is 2. The molecule has 2 N–H and O–H groups in total. The summed E-state index contributed by atoms with van der Waals surface area (Å²) in [5.41, 5.74) is 1.24. The van der Waals surface area contributed by atoms with E-state index in [-0.39, 0.29) is 18.4 Å². The third-order valence-corrected chi connectivity index (χ3v) is 4.26. The third-order valence-electron chi connectivity index (χ3n) is 4.26. The number of rotatable bonds is 9. The van der Waals surface area contributed by atoms with Gasteiger partial charge < -0.3 is 10.4 Å². The van der Waals surface area contributed by atoms with E-state index in [2.05, 4.69) is 22.3 Å². The van der Waals surface area contributed by atoms with Crippen molar-refractivity contribution >= 4 is 11.9 Å². The normalized spacial score (nSPS) is 18.0. The van der Waals surface area contributed by atoms with Crippen LogP contribution in [0.25, 0.3) is 0 Å². The van der Waals surface area contributed by atoms with Gasteiger partial charge in [-0.25, -0.2) is 0 Å². The fourth-order valence-corrected chi connectivity index (χ4v) is 3.04. The molecule has 0 spiro atoms. The number of amides is 1. The third kappa shape index (κ3) is 6.02. The summed E-state index contributed by atoms with van der Waals surface area (Å²) >= 11 is 0. The highest BCUT2D eigenvalue weighted by Crippen LogP contribution is 2.20. The maximum absolute atomic E-state index is 12.3. The minimum atomic E-state index is -0.753. The molecular formula is C18H26N2O3. The first-order chi connectivity index (χ1) is 11.2. The van der Waals surface area contributed by atoms with Crippen molar-refractivity contribution in [3.8, 4) is 0 Å². The van der Waals surface area contributed by atoms with E-state index in [1.165, 1.54) is 5.56 Å². The van der Waals surface area contributed by atoms with Crippen molar-refractivity contribution in [2.24, 2.45) is 0 Å². The lowest BCUT2D eigenvalue weighted by molar-refractivity contribution is -0.137. The second kappa shape index (κ2) is 9.30. The molecule has 0 saturated carbocycles. The molecule has 1 aliphatic heterocycles. The number of carbonyl (C=O) groups is 2. The Morgan fingerprint density at radius 1 is 1.17 bits per heavy atom. The maximum atomic E-state index is 12.3.